The maximum atomic E-state index is 12.2. The normalized spacial score (nSPS) is 10.7. The summed E-state index contributed by atoms with van der Waals surface area (Å²) in [7, 11) is 1.45. The van der Waals surface area contributed by atoms with Gasteiger partial charge in [0.15, 0.2) is 5.75 Å². The summed E-state index contributed by atoms with van der Waals surface area (Å²) >= 11 is 0. The minimum atomic E-state index is -0.677. The van der Waals surface area contributed by atoms with Crippen molar-refractivity contribution in [2.24, 2.45) is 7.05 Å². The zero-order valence-electron chi connectivity index (χ0n) is 29.0. The third-order valence-corrected chi connectivity index (χ3v) is 7.63. The van der Waals surface area contributed by atoms with Gasteiger partial charge in [0.25, 0.3) is 11.5 Å². The van der Waals surface area contributed by atoms with Gasteiger partial charge in [0, 0.05) is 85.1 Å². The Balaban J connectivity index is 2.04. The molecule has 18 heteroatoms. The standard InChI is InChI=1S/C32H53N7O11/c1-24(40)37(48)20-9-3-6-17-33-26(41)12-14-28(43)38(49)21-10-4-7-18-34-27(42)13-15-29(44)39(50)22-11-5-8-19-35-31(46)25-16-23-36(2)32(47)30(25)45/h16,23,45,48-50H,3-15,17-22H2,1-2H3,(H,33,41)(H,34,42)(H,35,46). The SMILES string of the molecule is CC(=O)N(O)CCCCCNC(=O)CCC(=O)N(O)CCCCCNC(=O)CCC(=O)N(O)CCCCCNC(=O)c1ccn(C)c(=O)c1O. The number of amides is 6. The Bertz CT molecular complexity index is 1320. The molecule has 0 aromatic carbocycles. The van der Waals surface area contributed by atoms with E-state index in [0.717, 1.165) is 4.57 Å². The lowest BCUT2D eigenvalue weighted by Crippen LogP contribution is -2.31. The molecule has 0 saturated carbocycles. The van der Waals surface area contributed by atoms with Gasteiger partial charge in [0.05, 0.1) is 5.56 Å². The predicted octanol–water partition coefficient (Wildman–Crippen LogP) is 0.798. The Kier molecular flexibility index (Phi) is 21.4. The number of nitrogens with zero attached hydrogens (tertiary/aromatic N) is 4. The van der Waals surface area contributed by atoms with Crippen LogP contribution >= 0.6 is 0 Å². The van der Waals surface area contributed by atoms with Crippen molar-refractivity contribution in [2.45, 2.75) is 90.4 Å². The summed E-state index contributed by atoms with van der Waals surface area (Å²) in [5, 5.41) is 48.7. The van der Waals surface area contributed by atoms with E-state index in [2.05, 4.69) is 16.0 Å². The van der Waals surface area contributed by atoms with Crippen molar-refractivity contribution in [3.05, 3.63) is 28.2 Å². The molecule has 0 fully saturated rings. The van der Waals surface area contributed by atoms with E-state index < -0.39 is 34.9 Å². The monoisotopic (exact) mass is 711 g/mol. The smallest absolute Gasteiger partial charge is 0.293 e. The average molecular weight is 712 g/mol. The van der Waals surface area contributed by atoms with Crippen LogP contribution in [-0.2, 0) is 31.0 Å². The molecule has 0 bridgehead atoms. The summed E-state index contributed by atoms with van der Waals surface area (Å²) < 4.78 is 1.15. The number of unbranched alkanes of at least 4 members (excludes halogenated alkanes) is 6. The van der Waals surface area contributed by atoms with Crippen LogP contribution < -0.4 is 21.5 Å². The summed E-state index contributed by atoms with van der Waals surface area (Å²) in [6.07, 6.45) is 6.04. The Morgan fingerprint density at radius 1 is 0.640 bits per heavy atom. The molecule has 7 N–H and O–H groups in total. The Morgan fingerprint density at radius 2 is 1.06 bits per heavy atom. The molecule has 0 aliphatic heterocycles. The first-order chi connectivity index (χ1) is 23.7. The van der Waals surface area contributed by atoms with Crippen molar-refractivity contribution in [3.8, 4) is 5.75 Å². The van der Waals surface area contributed by atoms with Gasteiger partial charge in [-0.2, -0.15) is 0 Å². The van der Waals surface area contributed by atoms with Gasteiger partial charge in [-0.25, -0.2) is 15.2 Å². The largest absolute Gasteiger partial charge is 0.502 e. The van der Waals surface area contributed by atoms with Gasteiger partial charge in [-0.05, 0) is 63.9 Å². The van der Waals surface area contributed by atoms with Crippen molar-refractivity contribution >= 4 is 35.4 Å². The van der Waals surface area contributed by atoms with Crippen molar-refractivity contribution in [3.63, 3.8) is 0 Å². The van der Waals surface area contributed by atoms with E-state index in [0.29, 0.717) is 86.1 Å². The number of hydroxylamine groups is 6. The minimum absolute atomic E-state index is 0.0537. The van der Waals surface area contributed by atoms with Crippen LogP contribution in [0.3, 0.4) is 0 Å². The molecule has 1 aromatic rings. The van der Waals surface area contributed by atoms with Crippen molar-refractivity contribution in [1.82, 2.24) is 35.7 Å². The number of hydrogen-bond donors (Lipinski definition) is 7. The molecule has 282 valence electrons. The van der Waals surface area contributed by atoms with Gasteiger partial charge in [-0.15, -0.1) is 0 Å². The molecule has 0 spiro atoms. The molecule has 50 heavy (non-hydrogen) atoms. The molecule has 1 heterocycles. The van der Waals surface area contributed by atoms with Crippen LogP contribution in [0.4, 0.5) is 0 Å². The second kappa shape index (κ2) is 24.6. The Morgan fingerprint density at radius 3 is 1.50 bits per heavy atom. The Hall–Kier alpha value is -4.55. The van der Waals surface area contributed by atoms with Crippen LogP contribution in [0.2, 0.25) is 0 Å². The van der Waals surface area contributed by atoms with Crippen LogP contribution in [0.5, 0.6) is 5.75 Å². The number of nitrogens with one attached hydrogen (secondary N) is 3. The summed E-state index contributed by atoms with van der Waals surface area (Å²) in [5.74, 6) is -3.49. The van der Waals surface area contributed by atoms with Gasteiger partial charge in [-0.1, -0.05) is 0 Å². The van der Waals surface area contributed by atoms with E-state index in [1.165, 1.54) is 26.2 Å². The van der Waals surface area contributed by atoms with E-state index in [-0.39, 0.29) is 69.2 Å². The fourth-order valence-corrected chi connectivity index (χ4v) is 4.52. The van der Waals surface area contributed by atoms with Crippen molar-refractivity contribution in [1.29, 1.82) is 0 Å². The molecule has 0 radical (unpaired) electrons. The van der Waals surface area contributed by atoms with Crippen LogP contribution in [0, 0.1) is 0 Å². The van der Waals surface area contributed by atoms with Crippen LogP contribution in [-0.4, -0.2) is 115 Å². The number of aryl methyl sites for hydroxylation is 1. The molecule has 0 aliphatic rings. The highest BCUT2D eigenvalue weighted by Crippen LogP contribution is 2.10. The van der Waals surface area contributed by atoms with Crippen LogP contribution in [0.25, 0.3) is 0 Å². The molecule has 0 saturated heterocycles. The highest BCUT2D eigenvalue weighted by molar-refractivity contribution is 5.96. The first-order valence-electron chi connectivity index (χ1n) is 16.9. The van der Waals surface area contributed by atoms with E-state index >= 15 is 0 Å². The first-order valence-corrected chi connectivity index (χ1v) is 16.9. The molecule has 1 aromatic heterocycles. The van der Waals surface area contributed by atoms with E-state index in [1.54, 1.807) is 0 Å². The van der Waals surface area contributed by atoms with Crippen molar-refractivity contribution in [2.75, 3.05) is 39.3 Å². The van der Waals surface area contributed by atoms with E-state index in [1.807, 2.05) is 0 Å². The summed E-state index contributed by atoms with van der Waals surface area (Å²) in [6, 6.07) is 1.34. The number of pyridine rings is 1. The highest BCUT2D eigenvalue weighted by Gasteiger charge is 2.16. The molecular formula is C32H53N7O11. The topological polar surface area (TPSA) is 251 Å². The molecule has 0 atom stereocenters. The van der Waals surface area contributed by atoms with Gasteiger partial charge in [0.1, 0.15) is 0 Å². The summed E-state index contributed by atoms with van der Waals surface area (Å²) in [4.78, 5) is 82.9. The number of rotatable bonds is 25. The number of aromatic nitrogens is 1. The summed E-state index contributed by atoms with van der Waals surface area (Å²) in [5.41, 5.74) is -0.794. The van der Waals surface area contributed by atoms with Gasteiger partial charge in [-0.3, -0.25) is 49.2 Å². The lowest BCUT2D eigenvalue weighted by molar-refractivity contribution is -0.166. The number of carbonyl (C=O) groups excluding carboxylic acids is 6. The minimum Gasteiger partial charge on any atom is -0.502 e. The Labute approximate surface area is 291 Å². The van der Waals surface area contributed by atoms with E-state index in [4.69, 9.17) is 0 Å². The maximum Gasteiger partial charge on any atom is 0.293 e. The van der Waals surface area contributed by atoms with Gasteiger partial charge in [0.2, 0.25) is 29.5 Å². The molecule has 6 amide bonds. The maximum absolute atomic E-state index is 12.2. The lowest BCUT2D eigenvalue weighted by atomic mass is 10.2. The van der Waals surface area contributed by atoms with Gasteiger partial charge >= 0.3 is 0 Å². The fraction of sp³-hybridized carbons (Fsp3) is 0.656. The van der Waals surface area contributed by atoms with Crippen molar-refractivity contribution < 1.29 is 49.5 Å². The number of hydrogen-bond acceptors (Lipinski definition) is 11. The third kappa shape index (κ3) is 18.3. The highest BCUT2D eigenvalue weighted by atomic mass is 16.5. The molecular weight excluding hydrogens is 658 g/mol. The predicted molar refractivity (Wildman–Crippen MR) is 178 cm³/mol. The zero-order valence-corrected chi connectivity index (χ0v) is 29.0. The fourth-order valence-electron chi connectivity index (χ4n) is 4.52. The molecule has 18 nitrogen and oxygen atoms in total. The molecule has 0 unspecified atom stereocenters. The third-order valence-electron chi connectivity index (χ3n) is 7.63. The number of aromatic hydroxyl groups is 1. The molecule has 0 aliphatic carbocycles. The average Bonchev–Trinajstić information content (AvgIpc) is 3.08. The van der Waals surface area contributed by atoms with Crippen LogP contribution in [0.15, 0.2) is 17.1 Å². The lowest BCUT2D eigenvalue weighted by Gasteiger charge is -2.15. The number of carbonyl (C=O) groups is 6. The first kappa shape index (κ1) is 43.5. The quantitative estimate of drug-likeness (QED) is 0.0424. The van der Waals surface area contributed by atoms with Gasteiger partial charge < -0.3 is 25.6 Å². The molecule has 1 rings (SSSR count). The second-order valence-electron chi connectivity index (χ2n) is 11.8. The van der Waals surface area contributed by atoms with E-state index in [9.17, 15) is 54.3 Å². The van der Waals surface area contributed by atoms with Crippen LogP contribution in [0.1, 0.15) is 101 Å². The zero-order chi connectivity index (χ0) is 37.5. The summed E-state index contributed by atoms with van der Waals surface area (Å²) in [6.45, 7) is 2.62. The second-order valence-corrected chi connectivity index (χ2v) is 11.8.